The van der Waals surface area contributed by atoms with Gasteiger partial charge in [0.2, 0.25) is 5.91 Å². The number of nitrogens with one attached hydrogen (secondary N) is 2. The van der Waals surface area contributed by atoms with Gasteiger partial charge in [0.15, 0.2) is 0 Å². The topological polar surface area (TPSA) is 67.4 Å². The van der Waals surface area contributed by atoms with Crippen LogP contribution in [0.4, 0.5) is 10.1 Å². The molecule has 0 aliphatic heterocycles. The summed E-state index contributed by atoms with van der Waals surface area (Å²) in [4.78, 5) is 23.6. The highest BCUT2D eigenvalue weighted by Gasteiger charge is 2.13. The third kappa shape index (κ3) is 6.25. The Labute approximate surface area is 174 Å². The molecule has 0 aromatic heterocycles. The van der Waals surface area contributed by atoms with E-state index in [-0.39, 0.29) is 18.0 Å². The van der Waals surface area contributed by atoms with Crippen LogP contribution in [0.5, 0.6) is 0 Å². The summed E-state index contributed by atoms with van der Waals surface area (Å²) in [7, 11) is 0. The van der Waals surface area contributed by atoms with E-state index in [4.69, 9.17) is 4.74 Å². The maximum absolute atomic E-state index is 14.0. The molecule has 154 valence electrons. The van der Waals surface area contributed by atoms with Gasteiger partial charge in [-0.1, -0.05) is 54.6 Å². The summed E-state index contributed by atoms with van der Waals surface area (Å²) in [6.07, 6.45) is 0. The van der Waals surface area contributed by atoms with Crippen LogP contribution in [0.15, 0.2) is 72.8 Å². The second-order valence-electron chi connectivity index (χ2n) is 6.86. The highest BCUT2D eigenvalue weighted by Crippen LogP contribution is 2.15. The van der Waals surface area contributed by atoms with Crippen molar-refractivity contribution in [2.24, 2.45) is 0 Å². The average molecular weight is 406 g/mol. The van der Waals surface area contributed by atoms with Gasteiger partial charge in [0.25, 0.3) is 5.91 Å². The first-order valence-electron chi connectivity index (χ1n) is 9.56. The van der Waals surface area contributed by atoms with E-state index in [1.54, 1.807) is 0 Å². The molecule has 3 aromatic rings. The van der Waals surface area contributed by atoms with Crippen molar-refractivity contribution in [3.8, 4) is 0 Å². The van der Waals surface area contributed by atoms with Crippen molar-refractivity contribution in [2.75, 3.05) is 5.32 Å². The molecule has 5 nitrogen and oxygen atoms in total. The maximum atomic E-state index is 14.0. The average Bonchev–Trinajstić information content (AvgIpc) is 2.74. The molecule has 2 amide bonds. The molecule has 0 heterocycles. The lowest BCUT2D eigenvalue weighted by Gasteiger charge is -2.10. The Hall–Kier alpha value is -3.51. The van der Waals surface area contributed by atoms with E-state index in [2.05, 4.69) is 10.6 Å². The van der Waals surface area contributed by atoms with Crippen LogP contribution in [0.3, 0.4) is 0 Å². The van der Waals surface area contributed by atoms with Gasteiger partial charge < -0.3 is 15.4 Å². The first kappa shape index (κ1) is 21.2. The molecule has 30 heavy (non-hydrogen) atoms. The molecule has 0 saturated carbocycles. The second-order valence-corrected chi connectivity index (χ2v) is 6.86. The lowest BCUT2D eigenvalue weighted by Crippen LogP contribution is -2.24. The van der Waals surface area contributed by atoms with Crippen LogP contribution in [0.2, 0.25) is 0 Å². The lowest BCUT2D eigenvalue weighted by atomic mass is 10.1. The van der Waals surface area contributed by atoms with Crippen LogP contribution in [0.1, 0.15) is 34.0 Å². The maximum Gasteiger partial charge on any atom is 0.254 e. The van der Waals surface area contributed by atoms with E-state index in [9.17, 15) is 14.0 Å². The summed E-state index contributed by atoms with van der Waals surface area (Å²) >= 11 is 0. The lowest BCUT2D eigenvalue weighted by molar-refractivity contribution is -0.114. The number of anilines is 1. The summed E-state index contributed by atoms with van der Waals surface area (Å²) < 4.78 is 19.8. The number of benzene rings is 3. The normalized spacial score (nSPS) is 10.5. The summed E-state index contributed by atoms with van der Waals surface area (Å²) in [5, 5.41) is 5.25. The summed E-state index contributed by atoms with van der Waals surface area (Å²) in [6.45, 7) is 2.56. The molecule has 0 aliphatic rings. The Bertz CT molecular complexity index is 1020. The van der Waals surface area contributed by atoms with Gasteiger partial charge in [0.05, 0.1) is 18.8 Å². The largest absolute Gasteiger partial charge is 0.372 e. The Morgan fingerprint density at radius 1 is 0.867 bits per heavy atom. The third-order valence-corrected chi connectivity index (χ3v) is 4.36. The van der Waals surface area contributed by atoms with Gasteiger partial charge in [0, 0.05) is 19.2 Å². The van der Waals surface area contributed by atoms with Crippen molar-refractivity contribution >= 4 is 17.5 Å². The van der Waals surface area contributed by atoms with Gasteiger partial charge in [-0.2, -0.15) is 0 Å². The van der Waals surface area contributed by atoms with Gasteiger partial charge in [-0.05, 0) is 34.9 Å². The standard InChI is InChI=1S/C24H23FN2O3/c1-17(28)27-21-10-11-23(25)22(13-21)24(29)26-14-19-8-5-9-20(12-19)16-30-15-18-6-3-2-4-7-18/h2-13H,14-16H2,1H3,(H,26,29)(H,27,28). The van der Waals surface area contributed by atoms with E-state index >= 15 is 0 Å². The van der Waals surface area contributed by atoms with Gasteiger partial charge in [0.1, 0.15) is 5.82 Å². The second kappa shape index (κ2) is 10.3. The van der Waals surface area contributed by atoms with E-state index in [0.717, 1.165) is 22.8 Å². The van der Waals surface area contributed by atoms with E-state index in [0.29, 0.717) is 18.9 Å². The first-order valence-corrected chi connectivity index (χ1v) is 9.56. The molecule has 0 fully saturated rings. The van der Waals surface area contributed by atoms with Crippen molar-refractivity contribution in [3.05, 3.63) is 101 Å². The van der Waals surface area contributed by atoms with Crippen molar-refractivity contribution in [2.45, 2.75) is 26.7 Å². The van der Waals surface area contributed by atoms with Crippen molar-refractivity contribution < 1.29 is 18.7 Å². The highest BCUT2D eigenvalue weighted by molar-refractivity contribution is 5.97. The Morgan fingerprint density at radius 3 is 2.33 bits per heavy atom. The zero-order valence-electron chi connectivity index (χ0n) is 16.7. The zero-order valence-corrected chi connectivity index (χ0v) is 16.7. The molecule has 0 aliphatic carbocycles. The van der Waals surface area contributed by atoms with Crippen LogP contribution in [-0.4, -0.2) is 11.8 Å². The van der Waals surface area contributed by atoms with Crippen LogP contribution >= 0.6 is 0 Å². The smallest absolute Gasteiger partial charge is 0.254 e. The number of halogens is 1. The van der Waals surface area contributed by atoms with Crippen LogP contribution in [0.25, 0.3) is 0 Å². The predicted octanol–water partition coefficient (Wildman–Crippen LogP) is 4.43. The van der Waals surface area contributed by atoms with Crippen molar-refractivity contribution in [1.82, 2.24) is 5.32 Å². The van der Waals surface area contributed by atoms with Gasteiger partial charge in [-0.25, -0.2) is 4.39 Å². The highest BCUT2D eigenvalue weighted by atomic mass is 19.1. The number of hydrogen-bond donors (Lipinski definition) is 2. The van der Waals surface area contributed by atoms with Crippen molar-refractivity contribution in [1.29, 1.82) is 0 Å². The minimum Gasteiger partial charge on any atom is -0.372 e. The molecule has 3 rings (SSSR count). The zero-order chi connectivity index (χ0) is 21.3. The number of carbonyl (C=O) groups excluding carboxylic acids is 2. The van der Waals surface area contributed by atoms with Crippen LogP contribution < -0.4 is 10.6 Å². The molecule has 0 saturated heterocycles. The number of amides is 2. The monoisotopic (exact) mass is 406 g/mol. The molecule has 0 unspecified atom stereocenters. The SMILES string of the molecule is CC(=O)Nc1ccc(F)c(C(=O)NCc2cccc(COCc3ccccc3)c2)c1. The number of hydrogen-bond acceptors (Lipinski definition) is 3. The summed E-state index contributed by atoms with van der Waals surface area (Å²) in [5.41, 5.74) is 3.21. The van der Waals surface area contributed by atoms with Crippen LogP contribution in [0, 0.1) is 5.82 Å². The van der Waals surface area contributed by atoms with Crippen LogP contribution in [-0.2, 0) is 29.3 Å². The Morgan fingerprint density at radius 2 is 1.57 bits per heavy atom. The van der Waals surface area contributed by atoms with E-state index < -0.39 is 11.7 Å². The molecule has 0 bridgehead atoms. The van der Waals surface area contributed by atoms with Gasteiger partial charge in [-0.3, -0.25) is 9.59 Å². The first-order chi connectivity index (χ1) is 14.5. The van der Waals surface area contributed by atoms with Crippen molar-refractivity contribution in [3.63, 3.8) is 0 Å². The molecule has 0 radical (unpaired) electrons. The predicted molar refractivity (Wildman–Crippen MR) is 113 cm³/mol. The van der Waals surface area contributed by atoms with E-state index in [1.165, 1.54) is 19.1 Å². The fourth-order valence-corrected chi connectivity index (χ4v) is 2.95. The minimum absolute atomic E-state index is 0.122. The number of rotatable bonds is 8. The molecule has 2 N–H and O–H groups in total. The number of carbonyl (C=O) groups is 2. The quantitative estimate of drug-likeness (QED) is 0.582. The minimum atomic E-state index is -0.648. The van der Waals surface area contributed by atoms with E-state index in [1.807, 2.05) is 54.6 Å². The number of ether oxygens (including phenoxy) is 1. The van der Waals surface area contributed by atoms with Gasteiger partial charge >= 0.3 is 0 Å². The third-order valence-electron chi connectivity index (χ3n) is 4.36. The summed E-state index contributed by atoms with van der Waals surface area (Å²) in [5.74, 6) is -1.49. The Kier molecular flexibility index (Phi) is 7.29. The fourth-order valence-electron chi connectivity index (χ4n) is 2.95. The Balaban J connectivity index is 1.56. The summed E-state index contributed by atoms with van der Waals surface area (Å²) in [6, 6.07) is 21.5. The fraction of sp³-hybridized carbons (Fsp3) is 0.167. The molecular weight excluding hydrogens is 383 g/mol. The molecule has 3 aromatic carbocycles. The van der Waals surface area contributed by atoms with Gasteiger partial charge in [-0.15, -0.1) is 0 Å². The molecule has 6 heteroatoms. The molecular formula is C24H23FN2O3. The molecule has 0 spiro atoms. The molecule has 0 atom stereocenters.